The van der Waals surface area contributed by atoms with Gasteiger partial charge in [-0.1, -0.05) is 51.0 Å². The molecule has 814 valence electrons. The van der Waals surface area contributed by atoms with Crippen molar-refractivity contribution < 1.29 is 205 Å². The number of benzene rings is 2. The van der Waals surface area contributed by atoms with E-state index in [9.17, 15) is 148 Å². The lowest BCUT2D eigenvalue weighted by Crippen LogP contribution is -2.49. The number of alkyl carbamates (subject to hydrolysis) is 1. The fourth-order valence-electron chi connectivity index (χ4n) is 11.1. The van der Waals surface area contributed by atoms with Crippen LogP contribution < -0.4 is 65.2 Å². The van der Waals surface area contributed by atoms with Crippen LogP contribution in [0.2, 0.25) is 0 Å². The Hall–Kier alpha value is -17.3. The molecular weight excluding hydrogens is 2000 g/mol. The van der Waals surface area contributed by atoms with Crippen LogP contribution in [0.15, 0.2) is 117 Å². The molecule has 147 heavy (non-hydrogen) atoms. The topological polar surface area (TPSA) is 896 Å². The number of amides is 5. The number of aliphatic hydroxyl groups excluding tert-OH is 3. The zero-order chi connectivity index (χ0) is 110. The summed E-state index contributed by atoms with van der Waals surface area (Å²) in [6.07, 6.45) is -3.61. The summed E-state index contributed by atoms with van der Waals surface area (Å²) in [6, 6.07) is 7.75. The molecule has 0 saturated heterocycles. The summed E-state index contributed by atoms with van der Waals surface area (Å²) in [5, 5.41) is 95.7. The summed E-state index contributed by atoms with van der Waals surface area (Å²) >= 11 is 0. The Balaban J connectivity index is 0.000000473. The third-order valence-electron chi connectivity index (χ3n) is 18.8. The molecule has 9 unspecified atom stereocenters. The van der Waals surface area contributed by atoms with Crippen molar-refractivity contribution >= 4 is 59.9 Å². The van der Waals surface area contributed by atoms with Gasteiger partial charge in [0.05, 0.1) is 51.3 Å². The molecule has 0 aliphatic rings. The maximum Gasteiger partial charge on any atom is 0.519 e. The Labute approximate surface area is 824 Å². The average Bonchev–Trinajstić information content (AvgIpc) is 1.80. The molecule has 0 aliphatic carbocycles. The molecule has 9 atom stereocenters. The van der Waals surface area contributed by atoms with Crippen LogP contribution in [0.4, 0.5) is 14.4 Å². The van der Waals surface area contributed by atoms with E-state index in [-0.39, 0.29) is 166 Å². The van der Waals surface area contributed by atoms with E-state index in [2.05, 4.69) is 90.9 Å². The van der Waals surface area contributed by atoms with Crippen molar-refractivity contribution in [1.29, 1.82) is 0 Å². The van der Waals surface area contributed by atoms with Crippen LogP contribution in [0, 0.1) is 101 Å². The molecule has 0 aliphatic heterocycles. The summed E-state index contributed by atoms with van der Waals surface area (Å²) in [5.74, 6) is -8.80. The van der Waals surface area contributed by atoms with Crippen LogP contribution in [0.3, 0.4) is 0 Å². The quantitative estimate of drug-likeness (QED) is 0.00874. The van der Waals surface area contributed by atoms with Gasteiger partial charge in [0.1, 0.15) is 36.8 Å². The minimum absolute atomic E-state index is 0.000280. The second kappa shape index (κ2) is 66.4. The Kier molecular flexibility index (Phi) is 56.0. The molecule has 65 nitrogen and oxygen atoms in total. The number of rotatable bonds is 59. The van der Waals surface area contributed by atoms with E-state index >= 15 is 0 Å². The van der Waals surface area contributed by atoms with Crippen molar-refractivity contribution in [3.05, 3.63) is 231 Å². The summed E-state index contributed by atoms with van der Waals surface area (Å²) in [5.41, 5.74) is 1.63. The second-order valence-electron chi connectivity index (χ2n) is 30.1. The monoisotopic (exact) mass is 2110 g/mol. The van der Waals surface area contributed by atoms with Gasteiger partial charge < -0.3 is 153 Å². The van der Waals surface area contributed by atoms with Gasteiger partial charge in [0.25, 0.3) is 30.5 Å². The summed E-state index contributed by atoms with van der Waals surface area (Å²) in [6.45, 7) is 11.2. The Morgan fingerprint density at radius 2 is 0.728 bits per heavy atom. The molecule has 5 heterocycles. The molecule has 8 N–H and O–H groups in total. The number of hydrogen-bond acceptors (Lipinski definition) is 54. The molecule has 7 rings (SSSR count). The molecule has 0 bridgehead atoms. The maximum absolute atomic E-state index is 12.3. The Bertz CT molecular complexity index is 5710. The smallest absolute Gasteiger partial charge is 0.456 e. The fraction of sp³-hybridized carbons (Fsp3) is 0.549. The van der Waals surface area contributed by atoms with Gasteiger partial charge in [0.2, 0.25) is 11.8 Å². The summed E-state index contributed by atoms with van der Waals surface area (Å²) < 4.78 is 86.4. The molecule has 5 amide bonds. The molecule has 65 heteroatoms. The zero-order valence-corrected chi connectivity index (χ0v) is 80.0. The highest BCUT2D eigenvalue weighted by atomic mass is 17.0. The van der Waals surface area contributed by atoms with E-state index in [1.807, 2.05) is 6.92 Å². The lowest BCUT2D eigenvalue weighted by Gasteiger charge is -2.22. The van der Waals surface area contributed by atoms with E-state index < -0.39 is 195 Å². The van der Waals surface area contributed by atoms with Crippen LogP contribution >= 0.6 is 0 Å². The summed E-state index contributed by atoms with van der Waals surface area (Å²) in [7, 11) is 0. The molecule has 0 saturated carbocycles. The molecule has 5 aromatic heterocycles. The number of hydrogen-bond donors (Lipinski definition) is 8. The number of unbranched alkanes of at least 4 members (excludes halogenated alkanes) is 3. The second-order valence-corrected chi connectivity index (χ2v) is 30.1. The predicted octanol–water partition coefficient (Wildman–Crippen LogP) is 4.12. The van der Waals surface area contributed by atoms with Crippen molar-refractivity contribution in [2.45, 2.75) is 241 Å². The number of ether oxygens (including phenoxy) is 8. The van der Waals surface area contributed by atoms with Gasteiger partial charge >= 0.3 is 77.2 Å². The van der Waals surface area contributed by atoms with Crippen molar-refractivity contribution in [3.63, 3.8) is 0 Å². The first-order valence-corrected chi connectivity index (χ1v) is 43.6. The molecular formula is C82H107N11O54. The van der Waals surface area contributed by atoms with Crippen molar-refractivity contribution in [2.75, 3.05) is 46.2 Å². The largest absolute Gasteiger partial charge is 0.519 e. The average molecular weight is 2110 g/mol. The minimum Gasteiger partial charge on any atom is -0.456 e. The number of carbonyl (C=O) groups excluding carboxylic acids is 10. The molecule has 0 spiro atoms. The van der Waals surface area contributed by atoms with Crippen molar-refractivity contribution in [3.8, 4) is 11.5 Å². The Morgan fingerprint density at radius 3 is 1.12 bits per heavy atom. The standard InChI is InChI=1S/C19H22N2O11.C17H18N2O10.C16H23N3O14.C15H22N2O10.C15H22N2O9/c1-11(22)16(17(23)28-10-15-12(2)30-19(25)32-15)20-18(24)31-14-7-5-13(6-8-14)4-3-9-29-21(26)27;1-11-14(29-17(22)27-11)10-25-15(20)9-18-16(21)28-13-6-2-4-12(8-13)5-3-7-26-19(23)24;1-9(20)13(14(21)29-8-12-10(2)31-16(23)32-12)17-15(22)28-6-4-3-5-11(33-19(26)27)7-30-18(24)25;1-9(18)13(14(20)24-8-11-10(2)26-15(21)27-11)16-12(19)6-4-3-5-7-25-17(22)23;1-4-9(2)13(16-12(18)6-5-7-24-17(21)22)14(19)23-8-11-10(3)25-15(20)26-11/h5-8,11,16,22H,3-4,9-10H2,1-2H3,(H,20,24);2,4,6,8H,3,5,7,9-10H2,1H3,(H,18,21);9,11,13,20H,3-8H2,1-2H3,(H,17,22);9,13,18H,3-8H2,1-2H3,(H,16,19);9,13H,4-8H2,1-3H3,(H,16,18). The number of aliphatic hydroxyl groups is 3. The highest BCUT2D eigenvalue weighted by Crippen LogP contribution is 2.21. The molecule has 2 aromatic carbocycles. The lowest BCUT2D eigenvalue weighted by molar-refractivity contribution is -0.790. The van der Waals surface area contributed by atoms with Crippen LogP contribution in [0.25, 0.3) is 0 Å². The van der Waals surface area contributed by atoms with Gasteiger partial charge in [-0.15, -0.1) is 60.7 Å². The van der Waals surface area contributed by atoms with Gasteiger partial charge in [-0.25, -0.2) is 57.5 Å². The molecule has 0 radical (unpaired) electrons. The number of esters is 5. The first-order chi connectivity index (χ1) is 69.4. The molecule has 0 fully saturated rings. The lowest BCUT2D eigenvalue weighted by atomic mass is 9.99. The molecule has 7 aromatic rings. The van der Waals surface area contributed by atoms with Crippen LogP contribution in [-0.4, -0.2) is 201 Å². The van der Waals surface area contributed by atoms with Crippen LogP contribution in [0.1, 0.15) is 180 Å². The van der Waals surface area contributed by atoms with Gasteiger partial charge in [-0.2, -0.15) is 0 Å². The van der Waals surface area contributed by atoms with E-state index in [0.717, 1.165) is 11.1 Å². The van der Waals surface area contributed by atoms with E-state index in [0.29, 0.717) is 51.4 Å². The maximum atomic E-state index is 12.3. The number of carbonyl (C=O) groups is 10. The van der Waals surface area contributed by atoms with Crippen molar-refractivity contribution in [1.82, 2.24) is 26.6 Å². The van der Waals surface area contributed by atoms with E-state index in [1.165, 1.54) is 67.5 Å². The number of nitrogens with one attached hydrogen (secondary N) is 5. The SMILES string of the molecule is CCC(C)C(NC(=O)CCCO[N+](=O)[O-])C(=O)OCc1oc(=O)oc1C.Cc1oc(=O)oc1COC(=O)C(NC(=O)CCCCCO[N+](=O)[O-])C(C)O.Cc1oc(=O)oc1COC(=O)C(NC(=O)OCCCCC(CO[N+](=O)[O-])O[N+](=O)[O-])C(C)O.Cc1oc(=O)oc1COC(=O)C(NC(=O)Oc1ccc(CCCO[N+](=O)[O-])cc1)C(C)O.Cc1oc(=O)oc1COC(=O)CNC(=O)Oc1cccc(CCCO[N+](=O)[O-])c1. The first-order valence-electron chi connectivity index (χ1n) is 43.6. The van der Waals surface area contributed by atoms with Gasteiger partial charge in [0, 0.05) is 12.8 Å². The highest BCUT2D eigenvalue weighted by Gasteiger charge is 2.34. The van der Waals surface area contributed by atoms with Crippen LogP contribution in [-0.2, 0) is 137 Å². The zero-order valence-electron chi connectivity index (χ0n) is 80.0. The van der Waals surface area contributed by atoms with Crippen LogP contribution in [0.5, 0.6) is 11.5 Å². The summed E-state index contributed by atoms with van der Waals surface area (Å²) in [4.78, 5) is 261. The highest BCUT2D eigenvalue weighted by molar-refractivity contribution is 5.86. The third-order valence-corrected chi connectivity index (χ3v) is 18.8. The Morgan fingerprint density at radius 1 is 0.367 bits per heavy atom. The number of aryl methyl sites for hydroxylation is 7. The predicted molar refractivity (Wildman–Crippen MR) is 470 cm³/mol. The van der Waals surface area contributed by atoms with Crippen molar-refractivity contribution in [2.24, 2.45) is 5.92 Å². The van der Waals surface area contributed by atoms with Gasteiger partial charge in [-0.3, -0.25) is 14.4 Å². The fourth-order valence-corrected chi connectivity index (χ4v) is 11.1. The third kappa shape index (κ3) is 52.8. The normalized spacial score (nSPS) is 12.4. The van der Waals surface area contributed by atoms with Gasteiger partial charge in [-0.05, 0) is 161 Å². The van der Waals surface area contributed by atoms with E-state index in [1.54, 1.807) is 43.3 Å². The van der Waals surface area contributed by atoms with E-state index in [4.69, 9.17) is 46.7 Å². The minimum atomic E-state index is -1.49. The number of nitrogens with zero attached hydrogens (tertiary/aromatic N) is 6. The van der Waals surface area contributed by atoms with Gasteiger partial charge in [0.15, 0.2) is 109 Å². The first kappa shape index (κ1) is 124.